The Morgan fingerprint density at radius 3 is 2.52 bits per heavy atom. The van der Waals surface area contributed by atoms with Gasteiger partial charge in [-0.25, -0.2) is 0 Å². The monoisotopic (exact) mass is 287 g/mol. The predicted octanol–water partition coefficient (Wildman–Crippen LogP) is 1.94. The van der Waals surface area contributed by atoms with Crippen LogP contribution in [0.1, 0.15) is 19.5 Å². The van der Waals surface area contributed by atoms with Crippen LogP contribution < -0.4 is 5.32 Å². The molecule has 0 radical (unpaired) electrons. The average molecular weight is 287 g/mol. The molecule has 1 unspecified atom stereocenters. The Morgan fingerprint density at radius 1 is 1.19 bits per heavy atom. The summed E-state index contributed by atoms with van der Waals surface area (Å²) in [6.45, 7) is 6.23. The number of hydrogen-bond acceptors (Lipinski definition) is 4. The smallest absolute Gasteiger partial charge is 0.0969 e. The molecular weight excluding hydrogens is 262 g/mol. The van der Waals surface area contributed by atoms with Crippen LogP contribution >= 0.6 is 0 Å². The van der Waals surface area contributed by atoms with E-state index >= 15 is 0 Å². The number of hydrogen-bond donors (Lipinski definition) is 1. The predicted molar refractivity (Wildman–Crippen MR) is 85.4 cm³/mol. The second kappa shape index (κ2) is 7.33. The quantitative estimate of drug-likeness (QED) is 0.845. The first-order valence-corrected chi connectivity index (χ1v) is 7.41. The Balaban J connectivity index is 1.96. The number of likely N-dealkylation sites (N-methyl/N-ethyl adjacent to an activating group) is 1. The molecule has 5 heteroatoms. The summed E-state index contributed by atoms with van der Waals surface area (Å²) in [4.78, 5) is 3.88. The highest BCUT2D eigenvalue weighted by Gasteiger charge is 2.14. The molecule has 21 heavy (non-hydrogen) atoms. The highest BCUT2D eigenvalue weighted by Crippen LogP contribution is 2.06. The zero-order valence-electron chi connectivity index (χ0n) is 13.3. The standard InChI is InChI=1S/C16H25N5/c1-13(2)16(12-20(3)4)17-10-14-11-18-21(19-14)15-8-6-5-7-9-15/h5-9,11,13,16-17H,10,12H2,1-4H3. The molecular formula is C16H25N5. The Hall–Kier alpha value is -1.72. The van der Waals surface area contributed by atoms with E-state index in [1.807, 2.05) is 36.5 Å². The lowest BCUT2D eigenvalue weighted by atomic mass is 10.0. The van der Waals surface area contributed by atoms with Crippen molar-refractivity contribution in [3.63, 3.8) is 0 Å². The molecule has 1 atom stereocenters. The average Bonchev–Trinajstić information content (AvgIpc) is 2.92. The van der Waals surface area contributed by atoms with Crippen LogP contribution in [-0.4, -0.2) is 46.6 Å². The fourth-order valence-electron chi connectivity index (χ4n) is 2.20. The minimum atomic E-state index is 0.446. The van der Waals surface area contributed by atoms with Crippen LogP contribution in [0.25, 0.3) is 5.69 Å². The largest absolute Gasteiger partial charge is 0.308 e. The van der Waals surface area contributed by atoms with Crippen molar-refractivity contribution in [3.05, 3.63) is 42.2 Å². The first-order valence-electron chi connectivity index (χ1n) is 7.41. The van der Waals surface area contributed by atoms with Crippen molar-refractivity contribution in [2.24, 2.45) is 5.92 Å². The lowest BCUT2D eigenvalue weighted by Crippen LogP contribution is -2.41. The van der Waals surface area contributed by atoms with Crippen LogP contribution in [0.2, 0.25) is 0 Å². The van der Waals surface area contributed by atoms with Crippen molar-refractivity contribution in [2.45, 2.75) is 26.4 Å². The Bertz CT molecular complexity index is 533. The van der Waals surface area contributed by atoms with E-state index < -0.39 is 0 Å². The maximum Gasteiger partial charge on any atom is 0.0969 e. The highest BCUT2D eigenvalue weighted by atomic mass is 15.5. The van der Waals surface area contributed by atoms with E-state index in [4.69, 9.17) is 0 Å². The van der Waals surface area contributed by atoms with Gasteiger partial charge in [-0.05, 0) is 32.1 Å². The number of benzene rings is 1. The zero-order valence-corrected chi connectivity index (χ0v) is 13.3. The molecule has 1 aromatic heterocycles. The van der Waals surface area contributed by atoms with Crippen molar-refractivity contribution in [1.29, 1.82) is 0 Å². The van der Waals surface area contributed by atoms with Gasteiger partial charge in [0.1, 0.15) is 0 Å². The van der Waals surface area contributed by atoms with Gasteiger partial charge in [0.2, 0.25) is 0 Å². The molecule has 0 amide bonds. The topological polar surface area (TPSA) is 46.0 Å². The van der Waals surface area contributed by atoms with E-state index in [0.29, 0.717) is 12.0 Å². The van der Waals surface area contributed by atoms with Gasteiger partial charge in [-0.2, -0.15) is 15.0 Å². The third-order valence-electron chi connectivity index (χ3n) is 3.44. The summed E-state index contributed by atoms with van der Waals surface area (Å²) in [5.74, 6) is 0.580. The van der Waals surface area contributed by atoms with Gasteiger partial charge in [-0.15, -0.1) is 0 Å². The SMILES string of the molecule is CC(C)C(CN(C)C)NCc1cnn(-c2ccccc2)n1. The number of nitrogens with one attached hydrogen (secondary N) is 1. The van der Waals surface area contributed by atoms with E-state index in [0.717, 1.165) is 24.5 Å². The molecule has 0 aliphatic heterocycles. The summed E-state index contributed by atoms with van der Waals surface area (Å²) in [6, 6.07) is 10.4. The number of rotatable bonds is 7. The molecule has 0 spiro atoms. The Kier molecular flexibility index (Phi) is 5.47. The van der Waals surface area contributed by atoms with Gasteiger partial charge in [0.25, 0.3) is 0 Å². The van der Waals surface area contributed by atoms with Gasteiger partial charge in [-0.1, -0.05) is 32.0 Å². The molecule has 5 nitrogen and oxygen atoms in total. The highest BCUT2D eigenvalue weighted by molar-refractivity contribution is 5.28. The van der Waals surface area contributed by atoms with Gasteiger partial charge in [0, 0.05) is 19.1 Å². The molecule has 0 aliphatic carbocycles. The van der Waals surface area contributed by atoms with Crippen molar-refractivity contribution >= 4 is 0 Å². The molecule has 1 heterocycles. The molecule has 0 bridgehead atoms. The van der Waals surface area contributed by atoms with Crippen molar-refractivity contribution in [1.82, 2.24) is 25.2 Å². The van der Waals surface area contributed by atoms with Crippen LogP contribution in [0.5, 0.6) is 0 Å². The van der Waals surface area contributed by atoms with Crippen LogP contribution in [0.4, 0.5) is 0 Å². The summed E-state index contributed by atoms with van der Waals surface area (Å²) in [6.07, 6.45) is 1.83. The Morgan fingerprint density at radius 2 is 1.90 bits per heavy atom. The molecule has 1 N–H and O–H groups in total. The fourth-order valence-corrected chi connectivity index (χ4v) is 2.20. The summed E-state index contributed by atoms with van der Waals surface area (Å²) < 4.78 is 0. The maximum atomic E-state index is 4.52. The summed E-state index contributed by atoms with van der Waals surface area (Å²) in [5, 5.41) is 12.4. The lowest BCUT2D eigenvalue weighted by molar-refractivity contribution is 0.287. The molecule has 2 rings (SSSR count). The second-order valence-electron chi connectivity index (χ2n) is 5.95. The van der Waals surface area contributed by atoms with Crippen LogP contribution in [0, 0.1) is 5.92 Å². The summed E-state index contributed by atoms with van der Waals surface area (Å²) >= 11 is 0. The molecule has 2 aromatic rings. The van der Waals surface area contributed by atoms with Gasteiger partial charge in [0.15, 0.2) is 0 Å². The normalized spacial score (nSPS) is 13.0. The zero-order chi connectivity index (χ0) is 15.2. The summed E-state index contributed by atoms with van der Waals surface area (Å²) in [5.41, 5.74) is 1.95. The lowest BCUT2D eigenvalue weighted by Gasteiger charge is -2.25. The Labute approximate surface area is 127 Å². The first-order chi connectivity index (χ1) is 10.1. The molecule has 1 aromatic carbocycles. The molecule has 0 saturated carbocycles. The maximum absolute atomic E-state index is 4.52. The van der Waals surface area contributed by atoms with E-state index in [2.05, 4.69) is 48.4 Å². The second-order valence-corrected chi connectivity index (χ2v) is 5.95. The van der Waals surface area contributed by atoms with Gasteiger partial charge in [0.05, 0.1) is 17.6 Å². The molecule has 0 aliphatic rings. The van der Waals surface area contributed by atoms with Crippen molar-refractivity contribution < 1.29 is 0 Å². The van der Waals surface area contributed by atoms with Crippen molar-refractivity contribution in [2.75, 3.05) is 20.6 Å². The van der Waals surface area contributed by atoms with Crippen LogP contribution in [0.3, 0.4) is 0 Å². The van der Waals surface area contributed by atoms with E-state index in [-0.39, 0.29) is 0 Å². The first kappa shape index (κ1) is 15.7. The molecule has 114 valence electrons. The fraction of sp³-hybridized carbons (Fsp3) is 0.500. The van der Waals surface area contributed by atoms with Crippen LogP contribution in [-0.2, 0) is 6.54 Å². The van der Waals surface area contributed by atoms with Crippen LogP contribution in [0.15, 0.2) is 36.5 Å². The third kappa shape index (κ3) is 4.65. The van der Waals surface area contributed by atoms with E-state index in [9.17, 15) is 0 Å². The van der Waals surface area contributed by atoms with E-state index in [1.165, 1.54) is 0 Å². The molecule has 0 fully saturated rings. The minimum absolute atomic E-state index is 0.446. The van der Waals surface area contributed by atoms with Gasteiger partial charge in [-0.3, -0.25) is 0 Å². The third-order valence-corrected chi connectivity index (χ3v) is 3.44. The van der Waals surface area contributed by atoms with E-state index in [1.54, 1.807) is 4.80 Å². The van der Waals surface area contributed by atoms with Crippen molar-refractivity contribution in [3.8, 4) is 5.69 Å². The summed E-state index contributed by atoms with van der Waals surface area (Å²) in [7, 11) is 4.20. The van der Waals surface area contributed by atoms with Gasteiger partial charge < -0.3 is 10.2 Å². The van der Waals surface area contributed by atoms with Gasteiger partial charge >= 0.3 is 0 Å². The minimum Gasteiger partial charge on any atom is -0.308 e. The number of aromatic nitrogens is 3. The number of para-hydroxylation sites is 1. The molecule has 0 saturated heterocycles. The number of nitrogens with zero attached hydrogens (tertiary/aromatic N) is 4.